The maximum Gasteiger partial charge on any atom is 0.350 e. The monoisotopic (exact) mass is 608 g/mol. The second kappa shape index (κ2) is 12.3. The number of fused-ring (bicyclic) bond motifs is 1. The summed E-state index contributed by atoms with van der Waals surface area (Å²) < 4.78 is 27.7. The highest BCUT2D eigenvalue weighted by atomic mass is 32.1. The van der Waals surface area contributed by atoms with Crippen molar-refractivity contribution < 1.29 is 43.2 Å². The van der Waals surface area contributed by atoms with E-state index in [1.54, 1.807) is 43.3 Å². The highest BCUT2D eigenvalue weighted by Gasteiger charge is 2.48. The molecule has 0 bridgehead atoms. The van der Waals surface area contributed by atoms with Crippen LogP contribution in [0.4, 0.5) is 5.13 Å². The third-order valence-corrected chi connectivity index (χ3v) is 8.22. The molecule has 0 radical (unpaired) electrons. The molecule has 1 atom stereocenters. The summed E-state index contributed by atoms with van der Waals surface area (Å²) in [6, 6.07) is 8.73. The number of amides is 1. The maximum atomic E-state index is 13.6. The van der Waals surface area contributed by atoms with Gasteiger partial charge in [-0.2, -0.15) is 0 Å². The van der Waals surface area contributed by atoms with Crippen molar-refractivity contribution in [1.82, 2.24) is 4.98 Å². The van der Waals surface area contributed by atoms with E-state index < -0.39 is 29.5 Å². The molecule has 2 aromatic carbocycles. The number of aliphatic hydroxyl groups is 1. The van der Waals surface area contributed by atoms with Crippen LogP contribution in [0.15, 0.2) is 42.0 Å². The van der Waals surface area contributed by atoms with Crippen LogP contribution in [0.25, 0.3) is 5.76 Å². The number of ketones is 1. The zero-order valence-corrected chi connectivity index (χ0v) is 25.3. The number of Topliss-reactive ketones (excluding diaryl/α,β-unsaturated/α-hetero) is 1. The Morgan fingerprint density at radius 3 is 2.53 bits per heavy atom. The largest absolute Gasteiger partial charge is 0.507 e. The number of hydrogen-bond donors (Lipinski definition) is 1. The van der Waals surface area contributed by atoms with Crippen LogP contribution >= 0.6 is 11.3 Å². The number of aromatic nitrogens is 1. The third-order valence-electron chi connectivity index (χ3n) is 7.08. The molecule has 1 fully saturated rings. The summed E-state index contributed by atoms with van der Waals surface area (Å²) in [5.74, 6) is -0.606. The van der Waals surface area contributed by atoms with Gasteiger partial charge in [0.2, 0.25) is 0 Å². The Kier molecular flexibility index (Phi) is 8.58. The zero-order chi connectivity index (χ0) is 30.8. The Labute approximate surface area is 252 Å². The van der Waals surface area contributed by atoms with E-state index in [2.05, 4.69) is 18.8 Å². The van der Waals surface area contributed by atoms with Crippen LogP contribution in [0.1, 0.15) is 52.8 Å². The number of carbonyl (C=O) groups is 3. The molecule has 5 rings (SSSR count). The number of methoxy groups -OCH3 is 2. The summed E-state index contributed by atoms with van der Waals surface area (Å²) >= 11 is 0.919. The molecular weight excluding hydrogens is 576 g/mol. The Hall–Kier alpha value is -4.58. The third kappa shape index (κ3) is 5.74. The van der Waals surface area contributed by atoms with Gasteiger partial charge in [0.15, 0.2) is 28.1 Å². The van der Waals surface area contributed by atoms with Gasteiger partial charge in [-0.25, -0.2) is 9.78 Å². The first-order chi connectivity index (χ1) is 20.6. The summed E-state index contributed by atoms with van der Waals surface area (Å²) in [6.45, 7) is 7.01. The lowest BCUT2D eigenvalue weighted by atomic mass is 9.95. The average molecular weight is 609 g/mol. The van der Waals surface area contributed by atoms with Gasteiger partial charge < -0.3 is 28.8 Å². The number of hydrogen-bond acceptors (Lipinski definition) is 11. The molecule has 226 valence electrons. The number of thiazole rings is 1. The first kappa shape index (κ1) is 29.9. The van der Waals surface area contributed by atoms with Crippen molar-refractivity contribution in [1.29, 1.82) is 0 Å². The van der Waals surface area contributed by atoms with E-state index in [4.69, 9.17) is 23.7 Å². The summed E-state index contributed by atoms with van der Waals surface area (Å²) in [7, 11) is 2.74. The topological polar surface area (TPSA) is 134 Å². The Morgan fingerprint density at radius 2 is 1.84 bits per heavy atom. The molecule has 0 aliphatic carbocycles. The van der Waals surface area contributed by atoms with E-state index >= 15 is 0 Å². The number of rotatable bonds is 9. The van der Waals surface area contributed by atoms with E-state index in [-0.39, 0.29) is 21.1 Å². The molecule has 1 saturated heterocycles. The van der Waals surface area contributed by atoms with E-state index in [1.807, 2.05) is 0 Å². The van der Waals surface area contributed by atoms with Crippen LogP contribution in [0.5, 0.6) is 23.0 Å². The molecule has 0 saturated carbocycles. The Bertz CT molecular complexity index is 1610. The summed E-state index contributed by atoms with van der Waals surface area (Å²) in [5, 5.41) is 11.7. The van der Waals surface area contributed by atoms with Crippen molar-refractivity contribution in [3.05, 3.63) is 63.7 Å². The Balaban J connectivity index is 1.65. The molecule has 43 heavy (non-hydrogen) atoms. The number of aryl methyl sites for hydroxylation is 1. The standard InChI is InChI=1S/C31H32N2O9S/c1-16(2)10-11-40-20-8-6-18(14-22(20)38-4)25-24(26(34)19-7-9-21-23(15-19)42-13-12-41-21)27(35)29(36)33(25)31-32-17(3)28(43-31)30(37)39-5/h6-9,14-16,25,34H,10-13H2,1-5H3. The number of nitrogens with zero attached hydrogens (tertiary/aromatic N) is 2. The number of aliphatic hydroxyl groups excluding tert-OH is 1. The molecule has 2 aliphatic heterocycles. The molecular formula is C31H32N2O9S. The van der Waals surface area contributed by atoms with Crippen molar-refractivity contribution in [3.63, 3.8) is 0 Å². The molecule has 12 heteroatoms. The highest BCUT2D eigenvalue weighted by Crippen LogP contribution is 2.46. The second-order valence-electron chi connectivity index (χ2n) is 10.4. The molecule has 1 amide bonds. The van der Waals surface area contributed by atoms with E-state index in [9.17, 15) is 19.5 Å². The lowest BCUT2D eigenvalue weighted by Crippen LogP contribution is -2.29. The van der Waals surface area contributed by atoms with Gasteiger partial charge in [0.1, 0.15) is 23.9 Å². The number of esters is 1. The molecule has 0 spiro atoms. The van der Waals surface area contributed by atoms with Gasteiger partial charge in [-0.05, 0) is 55.2 Å². The fraction of sp³-hybridized carbons (Fsp3) is 0.355. The Morgan fingerprint density at radius 1 is 1.09 bits per heavy atom. The lowest BCUT2D eigenvalue weighted by Gasteiger charge is -2.24. The molecule has 1 aromatic heterocycles. The predicted molar refractivity (Wildman–Crippen MR) is 158 cm³/mol. The average Bonchev–Trinajstić information content (AvgIpc) is 3.52. The van der Waals surface area contributed by atoms with Crippen LogP contribution < -0.4 is 23.8 Å². The van der Waals surface area contributed by atoms with Gasteiger partial charge in [0.05, 0.1) is 38.1 Å². The van der Waals surface area contributed by atoms with Gasteiger partial charge in [0, 0.05) is 5.56 Å². The minimum absolute atomic E-state index is 0.0995. The molecule has 3 aromatic rings. The fourth-order valence-corrected chi connectivity index (χ4v) is 5.85. The van der Waals surface area contributed by atoms with Crippen molar-refractivity contribution in [3.8, 4) is 23.0 Å². The number of carbonyl (C=O) groups excluding carboxylic acids is 3. The van der Waals surface area contributed by atoms with Gasteiger partial charge in [-0.1, -0.05) is 31.3 Å². The lowest BCUT2D eigenvalue weighted by molar-refractivity contribution is -0.132. The molecule has 3 heterocycles. The van der Waals surface area contributed by atoms with Crippen LogP contribution in [0, 0.1) is 12.8 Å². The molecule has 2 aliphatic rings. The van der Waals surface area contributed by atoms with Crippen LogP contribution in [-0.2, 0) is 14.3 Å². The predicted octanol–water partition coefficient (Wildman–Crippen LogP) is 5.07. The summed E-state index contributed by atoms with van der Waals surface area (Å²) in [5.41, 5.74) is 0.896. The fourth-order valence-electron chi connectivity index (χ4n) is 4.84. The van der Waals surface area contributed by atoms with E-state index in [1.165, 1.54) is 19.1 Å². The highest BCUT2D eigenvalue weighted by molar-refractivity contribution is 7.17. The summed E-state index contributed by atoms with van der Waals surface area (Å²) in [6.07, 6.45) is 0.840. The van der Waals surface area contributed by atoms with Gasteiger partial charge >= 0.3 is 11.9 Å². The van der Waals surface area contributed by atoms with Gasteiger partial charge in [-0.15, -0.1) is 0 Å². The van der Waals surface area contributed by atoms with E-state index in [0.29, 0.717) is 60.0 Å². The quantitative estimate of drug-likeness (QED) is 0.152. The number of anilines is 1. The van der Waals surface area contributed by atoms with Crippen molar-refractivity contribution in [2.45, 2.75) is 33.2 Å². The molecule has 1 unspecified atom stereocenters. The summed E-state index contributed by atoms with van der Waals surface area (Å²) in [4.78, 5) is 45.5. The van der Waals surface area contributed by atoms with Gasteiger partial charge in [0.25, 0.3) is 5.78 Å². The maximum absolute atomic E-state index is 13.6. The van der Waals surface area contributed by atoms with E-state index in [0.717, 1.165) is 17.8 Å². The first-order valence-corrected chi connectivity index (χ1v) is 14.5. The van der Waals surface area contributed by atoms with Crippen molar-refractivity contribution >= 4 is 39.9 Å². The minimum atomic E-state index is -1.11. The molecule has 1 N–H and O–H groups in total. The van der Waals surface area contributed by atoms with Crippen molar-refractivity contribution in [2.75, 3.05) is 38.9 Å². The smallest absolute Gasteiger partial charge is 0.350 e. The van der Waals surface area contributed by atoms with Crippen LogP contribution in [0.3, 0.4) is 0 Å². The minimum Gasteiger partial charge on any atom is -0.507 e. The van der Waals surface area contributed by atoms with Crippen molar-refractivity contribution in [2.24, 2.45) is 5.92 Å². The normalized spacial score (nSPS) is 17.3. The van der Waals surface area contributed by atoms with Crippen LogP contribution in [0.2, 0.25) is 0 Å². The number of ether oxygens (including phenoxy) is 5. The SMILES string of the molecule is COC(=O)c1sc(N2C(=O)C(=O)C(=C(O)c3ccc4c(c3)OCCO4)C2c2ccc(OCCC(C)C)c(OC)c2)nc1C. The molecule has 11 nitrogen and oxygen atoms in total. The van der Waals surface area contributed by atoms with Gasteiger partial charge in [-0.3, -0.25) is 14.5 Å². The first-order valence-electron chi connectivity index (χ1n) is 13.7. The van der Waals surface area contributed by atoms with Crippen LogP contribution in [-0.4, -0.2) is 61.8 Å². The zero-order valence-electron chi connectivity index (χ0n) is 24.5. The number of benzene rings is 2. The second-order valence-corrected chi connectivity index (χ2v) is 11.3.